The van der Waals surface area contributed by atoms with Gasteiger partial charge in [0.2, 0.25) is 0 Å². The molecule has 4 heteroatoms. The summed E-state index contributed by atoms with van der Waals surface area (Å²) in [5.41, 5.74) is 7.98. The summed E-state index contributed by atoms with van der Waals surface area (Å²) in [6, 6.07) is 1.73. The molecular formula is C14H21NO3. The quantitative estimate of drug-likeness (QED) is 0.814. The van der Waals surface area contributed by atoms with E-state index < -0.39 is 0 Å². The Bertz CT molecular complexity index is 455. The third-order valence-corrected chi connectivity index (χ3v) is 3.28. The van der Waals surface area contributed by atoms with Crippen LogP contribution in [0, 0.1) is 19.8 Å². The van der Waals surface area contributed by atoms with Crippen LogP contribution < -0.4 is 15.2 Å². The fourth-order valence-corrected chi connectivity index (χ4v) is 1.89. The molecule has 18 heavy (non-hydrogen) atoms. The molecule has 0 aliphatic rings. The van der Waals surface area contributed by atoms with Gasteiger partial charge in [0, 0.05) is 12.5 Å². The van der Waals surface area contributed by atoms with Crippen molar-refractivity contribution in [3.8, 4) is 11.5 Å². The molecule has 0 fully saturated rings. The zero-order valence-corrected chi connectivity index (χ0v) is 11.7. The summed E-state index contributed by atoms with van der Waals surface area (Å²) in [6.45, 7) is 5.98. The van der Waals surface area contributed by atoms with Gasteiger partial charge in [-0.05, 0) is 31.0 Å². The maximum atomic E-state index is 12.3. The highest BCUT2D eigenvalue weighted by Crippen LogP contribution is 2.34. The van der Waals surface area contributed by atoms with E-state index in [4.69, 9.17) is 15.2 Å². The second-order valence-electron chi connectivity index (χ2n) is 4.41. The van der Waals surface area contributed by atoms with Crippen molar-refractivity contribution in [3.05, 3.63) is 22.8 Å². The van der Waals surface area contributed by atoms with E-state index in [0.29, 0.717) is 23.6 Å². The van der Waals surface area contributed by atoms with E-state index in [1.165, 1.54) is 0 Å². The SMILES string of the molecule is COc1cc(C(=O)C(C)CN)c(OC)c(C)c1C. The van der Waals surface area contributed by atoms with Crippen LogP contribution in [0.1, 0.15) is 28.4 Å². The largest absolute Gasteiger partial charge is 0.496 e. The van der Waals surface area contributed by atoms with Gasteiger partial charge in [-0.25, -0.2) is 0 Å². The minimum atomic E-state index is -0.231. The topological polar surface area (TPSA) is 61.5 Å². The lowest BCUT2D eigenvalue weighted by Crippen LogP contribution is -2.21. The molecule has 1 rings (SSSR count). The van der Waals surface area contributed by atoms with Crippen LogP contribution in [-0.4, -0.2) is 26.5 Å². The van der Waals surface area contributed by atoms with Gasteiger partial charge in [0.25, 0.3) is 0 Å². The molecule has 2 N–H and O–H groups in total. The molecule has 0 amide bonds. The second-order valence-corrected chi connectivity index (χ2v) is 4.41. The number of Topliss-reactive ketones (excluding diaryl/α,β-unsaturated/α-hetero) is 1. The smallest absolute Gasteiger partial charge is 0.170 e. The van der Waals surface area contributed by atoms with Gasteiger partial charge in [0.1, 0.15) is 11.5 Å². The van der Waals surface area contributed by atoms with Crippen molar-refractivity contribution in [2.75, 3.05) is 20.8 Å². The summed E-state index contributed by atoms with van der Waals surface area (Å²) >= 11 is 0. The van der Waals surface area contributed by atoms with E-state index in [2.05, 4.69) is 0 Å². The summed E-state index contributed by atoms with van der Waals surface area (Å²) in [6.07, 6.45) is 0. The van der Waals surface area contributed by atoms with E-state index in [9.17, 15) is 4.79 Å². The van der Waals surface area contributed by atoms with Crippen molar-refractivity contribution < 1.29 is 14.3 Å². The molecule has 0 bridgehead atoms. The maximum Gasteiger partial charge on any atom is 0.170 e. The van der Waals surface area contributed by atoms with Crippen LogP contribution in [0.5, 0.6) is 11.5 Å². The van der Waals surface area contributed by atoms with Crippen LogP contribution in [0.15, 0.2) is 6.07 Å². The first-order chi connectivity index (χ1) is 8.47. The van der Waals surface area contributed by atoms with E-state index >= 15 is 0 Å². The Morgan fingerprint density at radius 3 is 2.33 bits per heavy atom. The van der Waals surface area contributed by atoms with E-state index in [-0.39, 0.29) is 11.7 Å². The number of rotatable bonds is 5. The molecule has 0 aromatic heterocycles. The summed E-state index contributed by atoms with van der Waals surface area (Å²) in [4.78, 5) is 12.3. The molecule has 0 saturated heterocycles. The van der Waals surface area contributed by atoms with Crippen molar-refractivity contribution in [1.82, 2.24) is 0 Å². The minimum absolute atomic E-state index is 0.0178. The Kier molecular flexibility index (Phi) is 4.73. The average molecular weight is 251 g/mol. The molecule has 0 aliphatic heterocycles. The molecule has 1 aromatic carbocycles. The first kappa shape index (κ1) is 14.5. The van der Waals surface area contributed by atoms with Gasteiger partial charge in [0.15, 0.2) is 5.78 Å². The molecule has 0 aliphatic carbocycles. The van der Waals surface area contributed by atoms with Crippen molar-refractivity contribution in [3.63, 3.8) is 0 Å². The monoisotopic (exact) mass is 251 g/mol. The van der Waals surface area contributed by atoms with Crippen LogP contribution >= 0.6 is 0 Å². The van der Waals surface area contributed by atoms with Crippen LogP contribution in [0.4, 0.5) is 0 Å². The number of hydrogen-bond acceptors (Lipinski definition) is 4. The van der Waals surface area contributed by atoms with Gasteiger partial charge in [-0.2, -0.15) is 0 Å². The number of ether oxygens (including phenoxy) is 2. The predicted molar refractivity (Wildman–Crippen MR) is 71.6 cm³/mol. The normalized spacial score (nSPS) is 12.1. The summed E-state index contributed by atoms with van der Waals surface area (Å²) in [5, 5.41) is 0. The van der Waals surface area contributed by atoms with Gasteiger partial charge in [-0.1, -0.05) is 6.92 Å². The molecule has 0 spiro atoms. The molecular weight excluding hydrogens is 230 g/mol. The lowest BCUT2D eigenvalue weighted by Gasteiger charge is -2.17. The predicted octanol–water partition coefficient (Wildman–Crippen LogP) is 2.10. The third kappa shape index (κ3) is 2.48. The van der Waals surface area contributed by atoms with Gasteiger partial charge in [0.05, 0.1) is 19.8 Å². The van der Waals surface area contributed by atoms with Crippen LogP contribution in [0.25, 0.3) is 0 Å². The van der Waals surface area contributed by atoms with Crippen LogP contribution in [0.3, 0.4) is 0 Å². The van der Waals surface area contributed by atoms with E-state index in [1.807, 2.05) is 20.8 Å². The number of carbonyl (C=O) groups is 1. The van der Waals surface area contributed by atoms with Gasteiger partial charge < -0.3 is 15.2 Å². The molecule has 100 valence electrons. The number of hydrogen-bond donors (Lipinski definition) is 1. The van der Waals surface area contributed by atoms with Crippen LogP contribution in [-0.2, 0) is 0 Å². The minimum Gasteiger partial charge on any atom is -0.496 e. The summed E-state index contributed by atoms with van der Waals surface area (Å²) in [7, 11) is 3.16. The Hall–Kier alpha value is -1.55. The molecule has 4 nitrogen and oxygen atoms in total. The Balaban J connectivity index is 3.42. The lowest BCUT2D eigenvalue weighted by atomic mass is 9.94. The molecule has 1 unspecified atom stereocenters. The van der Waals surface area contributed by atoms with Crippen LogP contribution in [0.2, 0.25) is 0 Å². The zero-order valence-electron chi connectivity index (χ0n) is 11.7. The van der Waals surface area contributed by atoms with Crippen molar-refractivity contribution >= 4 is 5.78 Å². The number of carbonyl (C=O) groups excluding carboxylic acids is 1. The van der Waals surface area contributed by atoms with Gasteiger partial charge >= 0.3 is 0 Å². The highest BCUT2D eigenvalue weighted by Gasteiger charge is 2.22. The van der Waals surface area contributed by atoms with E-state index in [1.54, 1.807) is 20.3 Å². The number of benzene rings is 1. The maximum absolute atomic E-state index is 12.3. The lowest BCUT2D eigenvalue weighted by molar-refractivity contribution is 0.0930. The summed E-state index contributed by atoms with van der Waals surface area (Å²) in [5.74, 6) is 1.06. The molecule has 1 aromatic rings. The Morgan fingerprint density at radius 1 is 1.28 bits per heavy atom. The Morgan fingerprint density at radius 2 is 1.89 bits per heavy atom. The van der Waals surface area contributed by atoms with Crippen molar-refractivity contribution in [2.45, 2.75) is 20.8 Å². The fourth-order valence-electron chi connectivity index (χ4n) is 1.89. The number of nitrogens with two attached hydrogens (primary N) is 1. The Labute approximate surface area is 108 Å². The molecule has 0 heterocycles. The van der Waals surface area contributed by atoms with Gasteiger partial charge in [-0.15, -0.1) is 0 Å². The van der Waals surface area contributed by atoms with Gasteiger partial charge in [-0.3, -0.25) is 4.79 Å². The third-order valence-electron chi connectivity index (χ3n) is 3.28. The first-order valence-electron chi connectivity index (χ1n) is 5.94. The summed E-state index contributed by atoms with van der Waals surface area (Å²) < 4.78 is 10.6. The average Bonchev–Trinajstić information content (AvgIpc) is 2.39. The van der Waals surface area contributed by atoms with Crippen molar-refractivity contribution in [2.24, 2.45) is 11.7 Å². The molecule has 0 saturated carbocycles. The fraction of sp³-hybridized carbons (Fsp3) is 0.500. The first-order valence-corrected chi connectivity index (χ1v) is 5.94. The number of ketones is 1. The molecule has 0 radical (unpaired) electrons. The zero-order chi connectivity index (χ0) is 13.9. The number of methoxy groups -OCH3 is 2. The second kappa shape index (κ2) is 5.87. The van der Waals surface area contributed by atoms with E-state index in [0.717, 1.165) is 11.1 Å². The highest BCUT2D eigenvalue weighted by molar-refractivity contribution is 6.01. The highest BCUT2D eigenvalue weighted by atomic mass is 16.5. The molecule has 1 atom stereocenters. The van der Waals surface area contributed by atoms with Crippen molar-refractivity contribution in [1.29, 1.82) is 0 Å². The standard InChI is InChI=1S/C14H21NO3/c1-8(7-15)13(16)11-6-12(17-4)9(2)10(3)14(11)18-5/h6,8H,7,15H2,1-5H3.